The van der Waals surface area contributed by atoms with Crippen molar-refractivity contribution < 1.29 is 9.59 Å². The number of carbonyl (C=O) groups is 2. The van der Waals surface area contributed by atoms with Gasteiger partial charge in [-0.3, -0.25) is 14.5 Å². The lowest BCUT2D eigenvalue weighted by molar-refractivity contribution is -0.123. The van der Waals surface area contributed by atoms with Crippen molar-refractivity contribution in [2.75, 3.05) is 11.9 Å². The molecule has 1 unspecified atom stereocenters. The summed E-state index contributed by atoms with van der Waals surface area (Å²) in [6, 6.07) is 14.3. The van der Waals surface area contributed by atoms with E-state index in [0.717, 1.165) is 34.9 Å². The van der Waals surface area contributed by atoms with E-state index in [1.54, 1.807) is 0 Å². The molecule has 0 bridgehead atoms. The van der Waals surface area contributed by atoms with Gasteiger partial charge in [0.2, 0.25) is 0 Å². The highest BCUT2D eigenvalue weighted by molar-refractivity contribution is 8.18. The van der Waals surface area contributed by atoms with Crippen LogP contribution in [0.25, 0.3) is 6.08 Å². The average molecular weight is 421 g/mol. The first-order chi connectivity index (χ1) is 14.2. The van der Waals surface area contributed by atoms with E-state index in [-0.39, 0.29) is 16.7 Å². The lowest BCUT2D eigenvalue weighted by Gasteiger charge is -2.45. The van der Waals surface area contributed by atoms with E-state index in [1.807, 2.05) is 43.3 Å². The Bertz CT molecular complexity index is 1040. The van der Waals surface area contributed by atoms with Crippen LogP contribution in [0.15, 0.2) is 47.4 Å². The number of carbonyl (C=O) groups excluding carboxylic acids is 2. The van der Waals surface area contributed by atoms with Crippen LogP contribution in [0.5, 0.6) is 0 Å². The molecule has 0 radical (unpaired) electrons. The number of aryl methyl sites for hydroxylation is 1. The van der Waals surface area contributed by atoms with Gasteiger partial charge in [0, 0.05) is 18.3 Å². The molecule has 2 amide bonds. The largest absolute Gasteiger partial charge is 0.369 e. The summed E-state index contributed by atoms with van der Waals surface area (Å²) in [5.74, 6) is 0.228. The molecule has 0 N–H and O–H groups in total. The van der Waals surface area contributed by atoms with E-state index in [4.69, 9.17) is 0 Å². The third kappa shape index (κ3) is 3.79. The lowest BCUT2D eigenvalue weighted by atomic mass is 9.80. The molecule has 0 aromatic heterocycles. The number of hydrogen-bond acceptors (Lipinski definition) is 4. The quantitative estimate of drug-likeness (QED) is 0.575. The van der Waals surface area contributed by atoms with Gasteiger partial charge in [-0.1, -0.05) is 42.8 Å². The summed E-state index contributed by atoms with van der Waals surface area (Å²) in [6.45, 7) is 9.12. The number of rotatable bonds is 3. The number of imide groups is 1. The highest BCUT2D eigenvalue weighted by Crippen LogP contribution is 2.43. The van der Waals surface area contributed by atoms with E-state index >= 15 is 0 Å². The fourth-order valence-electron chi connectivity index (χ4n) is 4.35. The first-order valence-corrected chi connectivity index (χ1v) is 11.2. The summed E-state index contributed by atoms with van der Waals surface area (Å²) in [5.41, 5.74) is 5.73. The summed E-state index contributed by atoms with van der Waals surface area (Å²) in [4.78, 5) is 29.5. The Morgan fingerprint density at radius 2 is 1.83 bits per heavy atom. The zero-order valence-corrected chi connectivity index (χ0v) is 19.0. The van der Waals surface area contributed by atoms with Crippen LogP contribution in [-0.2, 0) is 11.3 Å². The molecule has 1 saturated heterocycles. The van der Waals surface area contributed by atoms with Crippen molar-refractivity contribution in [2.45, 2.75) is 52.1 Å². The molecule has 2 aliphatic heterocycles. The topological polar surface area (TPSA) is 40.6 Å². The standard InChI is InChI=1S/C25H28N2O2S/c1-16-6-8-18(9-7-16)15-27-23(28)22(30-24(27)29)13-19-10-11-21-20(12-19)17(2)14-25(3,4)26(21)5/h6-13,17H,14-15H2,1-5H3/b22-13+. The van der Waals surface area contributed by atoms with Gasteiger partial charge in [-0.15, -0.1) is 0 Å². The second-order valence-corrected chi connectivity index (χ2v) is 10.0. The van der Waals surface area contributed by atoms with Crippen LogP contribution in [0.1, 0.15) is 55.4 Å². The Labute approximate surface area is 182 Å². The predicted octanol–water partition coefficient (Wildman–Crippen LogP) is 5.95. The van der Waals surface area contributed by atoms with Crippen LogP contribution < -0.4 is 4.90 Å². The van der Waals surface area contributed by atoms with Gasteiger partial charge in [-0.25, -0.2) is 0 Å². The van der Waals surface area contributed by atoms with Gasteiger partial charge >= 0.3 is 0 Å². The summed E-state index contributed by atoms with van der Waals surface area (Å²) >= 11 is 1.03. The average Bonchev–Trinajstić information content (AvgIpc) is 2.95. The first-order valence-electron chi connectivity index (χ1n) is 10.3. The van der Waals surface area contributed by atoms with Crippen molar-refractivity contribution in [2.24, 2.45) is 0 Å². The Kier molecular flexibility index (Phi) is 5.27. The van der Waals surface area contributed by atoms with Gasteiger partial charge in [0.05, 0.1) is 11.4 Å². The molecule has 4 rings (SSSR count). The van der Waals surface area contributed by atoms with E-state index in [1.165, 1.54) is 16.2 Å². The van der Waals surface area contributed by atoms with Gasteiger partial charge in [0.1, 0.15) is 0 Å². The second-order valence-electron chi connectivity index (χ2n) is 9.05. The molecule has 0 aliphatic carbocycles. The van der Waals surface area contributed by atoms with Crippen molar-refractivity contribution in [1.29, 1.82) is 0 Å². The van der Waals surface area contributed by atoms with Gasteiger partial charge in [0.15, 0.2) is 0 Å². The highest BCUT2D eigenvalue weighted by atomic mass is 32.2. The minimum absolute atomic E-state index is 0.118. The van der Waals surface area contributed by atoms with Crippen molar-refractivity contribution in [1.82, 2.24) is 4.90 Å². The summed E-state index contributed by atoms with van der Waals surface area (Å²) < 4.78 is 0. The van der Waals surface area contributed by atoms with Crippen LogP contribution in [0.4, 0.5) is 10.5 Å². The maximum absolute atomic E-state index is 12.9. The van der Waals surface area contributed by atoms with Crippen molar-refractivity contribution in [3.05, 3.63) is 69.6 Å². The van der Waals surface area contributed by atoms with Gasteiger partial charge < -0.3 is 4.90 Å². The number of anilines is 1. The molecule has 0 saturated carbocycles. The van der Waals surface area contributed by atoms with Gasteiger partial charge in [0.25, 0.3) is 11.1 Å². The number of nitrogens with zero attached hydrogens (tertiary/aromatic N) is 2. The van der Waals surface area contributed by atoms with Crippen molar-refractivity contribution >= 4 is 34.7 Å². The van der Waals surface area contributed by atoms with Crippen molar-refractivity contribution in [3.63, 3.8) is 0 Å². The molecule has 30 heavy (non-hydrogen) atoms. The van der Waals surface area contributed by atoms with Crippen LogP contribution in [-0.4, -0.2) is 28.6 Å². The third-order valence-corrected chi connectivity index (χ3v) is 7.20. The normalized spacial score (nSPS) is 22.0. The Morgan fingerprint density at radius 3 is 2.53 bits per heavy atom. The van der Waals surface area contributed by atoms with Gasteiger partial charge in [-0.05, 0) is 79.8 Å². The molecular weight excluding hydrogens is 392 g/mol. The fraction of sp³-hybridized carbons (Fsp3) is 0.360. The number of fused-ring (bicyclic) bond motifs is 1. The molecule has 1 atom stereocenters. The molecule has 1 fully saturated rings. The Hall–Kier alpha value is -2.53. The molecule has 2 aromatic carbocycles. The number of amides is 2. The van der Waals surface area contributed by atoms with Crippen LogP contribution in [0.2, 0.25) is 0 Å². The number of thioether (sulfide) groups is 1. The second kappa shape index (κ2) is 7.62. The maximum atomic E-state index is 12.9. The maximum Gasteiger partial charge on any atom is 0.293 e. The fourth-order valence-corrected chi connectivity index (χ4v) is 5.19. The van der Waals surface area contributed by atoms with E-state index in [2.05, 4.69) is 44.9 Å². The Balaban J connectivity index is 1.58. The minimum Gasteiger partial charge on any atom is -0.369 e. The molecule has 156 valence electrons. The van der Waals surface area contributed by atoms with Crippen molar-refractivity contribution in [3.8, 4) is 0 Å². The molecule has 5 heteroatoms. The molecular formula is C25H28N2O2S. The van der Waals surface area contributed by atoms with E-state index < -0.39 is 0 Å². The number of hydrogen-bond donors (Lipinski definition) is 0. The molecule has 2 heterocycles. The Morgan fingerprint density at radius 1 is 1.13 bits per heavy atom. The lowest BCUT2D eigenvalue weighted by Crippen LogP contribution is -2.45. The summed E-state index contributed by atoms with van der Waals surface area (Å²) in [7, 11) is 2.14. The number of benzene rings is 2. The van der Waals surface area contributed by atoms with E-state index in [0.29, 0.717) is 17.4 Å². The highest BCUT2D eigenvalue weighted by Gasteiger charge is 2.36. The SMILES string of the molecule is Cc1ccc(CN2C(=O)S/C(=C/c3ccc4c(c3)C(C)CC(C)(C)N4C)C2=O)cc1. The monoisotopic (exact) mass is 420 g/mol. The van der Waals surface area contributed by atoms with Crippen LogP contribution in [0.3, 0.4) is 0 Å². The summed E-state index contributed by atoms with van der Waals surface area (Å²) in [5, 5.41) is -0.209. The molecule has 2 aromatic rings. The van der Waals surface area contributed by atoms with E-state index in [9.17, 15) is 9.59 Å². The zero-order chi connectivity index (χ0) is 21.6. The zero-order valence-electron chi connectivity index (χ0n) is 18.2. The minimum atomic E-state index is -0.213. The van der Waals surface area contributed by atoms with Gasteiger partial charge in [-0.2, -0.15) is 0 Å². The third-order valence-electron chi connectivity index (χ3n) is 6.29. The van der Waals surface area contributed by atoms with Crippen LogP contribution >= 0.6 is 11.8 Å². The summed E-state index contributed by atoms with van der Waals surface area (Å²) in [6.07, 6.45) is 2.93. The smallest absolute Gasteiger partial charge is 0.293 e. The molecule has 4 nitrogen and oxygen atoms in total. The molecule has 0 spiro atoms. The predicted molar refractivity (Wildman–Crippen MR) is 125 cm³/mol. The molecule has 2 aliphatic rings. The first kappa shape index (κ1) is 20.7. The van der Waals surface area contributed by atoms with Crippen LogP contribution in [0, 0.1) is 6.92 Å².